The number of carbonyl (C=O) groups is 1. The lowest BCUT2D eigenvalue weighted by Crippen LogP contribution is -2.42. The van der Waals surface area contributed by atoms with Gasteiger partial charge in [-0.2, -0.15) is 0 Å². The van der Waals surface area contributed by atoms with E-state index in [0.29, 0.717) is 18.1 Å². The highest BCUT2D eigenvalue weighted by atomic mass is 16.2. The minimum absolute atomic E-state index is 0.124. The number of nitrogens with zero attached hydrogens (tertiary/aromatic N) is 2. The smallest absolute Gasteiger partial charge is 0.270 e. The van der Waals surface area contributed by atoms with E-state index in [-0.39, 0.29) is 5.91 Å². The molecule has 0 saturated heterocycles. The Morgan fingerprint density at radius 2 is 2.00 bits per heavy atom. The van der Waals surface area contributed by atoms with Crippen LogP contribution in [0.1, 0.15) is 56.1 Å². The zero-order valence-electron chi connectivity index (χ0n) is 12.2. The van der Waals surface area contributed by atoms with Gasteiger partial charge in [0.1, 0.15) is 5.69 Å². The highest BCUT2D eigenvalue weighted by molar-refractivity contribution is 5.92. The van der Waals surface area contributed by atoms with E-state index >= 15 is 0 Å². The third-order valence-electron chi connectivity index (χ3n) is 4.16. The maximum atomic E-state index is 12.6. The van der Waals surface area contributed by atoms with Gasteiger partial charge in [0.2, 0.25) is 0 Å². The van der Waals surface area contributed by atoms with Gasteiger partial charge in [0.15, 0.2) is 0 Å². The van der Waals surface area contributed by atoms with Gasteiger partial charge in [-0.25, -0.2) is 0 Å². The predicted molar refractivity (Wildman–Crippen MR) is 77.1 cm³/mol. The maximum absolute atomic E-state index is 12.6. The van der Waals surface area contributed by atoms with Gasteiger partial charge in [-0.1, -0.05) is 0 Å². The van der Waals surface area contributed by atoms with Crippen LogP contribution in [0, 0.1) is 0 Å². The molecule has 1 fully saturated rings. The average molecular weight is 263 g/mol. The van der Waals surface area contributed by atoms with E-state index in [1.54, 1.807) is 0 Å². The van der Waals surface area contributed by atoms with Gasteiger partial charge in [0.05, 0.1) is 0 Å². The van der Waals surface area contributed by atoms with Crippen LogP contribution in [-0.4, -0.2) is 34.5 Å². The minimum atomic E-state index is 0.124. The molecule has 2 rings (SSSR count). The van der Waals surface area contributed by atoms with E-state index < -0.39 is 0 Å². The van der Waals surface area contributed by atoms with E-state index in [1.165, 1.54) is 0 Å². The van der Waals surface area contributed by atoms with E-state index in [4.69, 9.17) is 5.73 Å². The summed E-state index contributed by atoms with van der Waals surface area (Å²) >= 11 is 0. The fourth-order valence-electron chi connectivity index (χ4n) is 2.86. The van der Waals surface area contributed by atoms with Crippen LogP contribution in [0.2, 0.25) is 0 Å². The molecule has 2 N–H and O–H groups in total. The standard InChI is InChI=1S/C15H25N3O/c1-11(2)18-10-4-5-14(18)15(19)17(3)13-8-6-12(16)7-9-13/h4-5,10-13H,6-9,16H2,1-3H3. The molecule has 0 bridgehead atoms. The van der Waals surface area contributed by atoms with E-state index in [0.717, 1.165) is 31.4 Å². The molecule has 0 spiro atoms. The van der Waals surface area contributed by atoms with Crippen molar-refractivity contribution in [2.75, 3.05) is 7.05 Å². The number of nitrogens with two attached hydrogens (primary N) is 1. The van der Waals surface area contributed by atoms with Crippen LogP contribution in [-0.2, 0) is 0 Å². The molecule has 1 heterocycles. The first-order valence-corrected chi connectivity index (χ1v) is 7.20. The molecule has 0 radical (unpaired) electrons. The van der Waals surface area contributed by atoms with E-state index in [9.17, 15) is 4.79 Å². The number of carbonyl (C=O) groups excluding carboxylic acids is 1. The lowest BCUT2D eigenvalue weighted by atomic mass is 9.91. The Kier molecular flexibility index (Phi) is 4.30. The van der Waals surface area contributed by atoms with Gasteiger partial charge >= 0.3 is 0 Å². The summed E-state index contributed by atoms with van der Waals surface area (Å²) in [5, 5.41) is 0. The van der Waals surface area contributed by atoms with Crippen LogP contribution < -0.4 is 5.73 Å². The molecular formula is C15H25N3O. The third kappa shape index (κ3) is 3.00. The van der Waals surface area contributed by atoms with Gasteiger partial charge in [-0.15, -0.1) is 0 Å². The molecule has 1 aromatic rings. The summed E-state index contributed by atoms with van der Waals surface area (Å²) in [6, 6.07) is 4.81. The SMILES string of the molecule is CC(C)n1cccc1C(=O)N(C)C1CCC(N)CC1. The van der Waals surface area contributed by atoms with Crippen molar-refractivity contribution >= 4 is 5.91 Å². The molecule has 4 heteroatoms. The molecule has 0 atom stereocenters. The van der Waals surface area contributed by atoms with Crippen molar-refractivity contribution in [1.82, 2.24) is 9.47 Å². The Hall–Kier alpha value is -1.29. The minimum Gasteiger partial charge on any atom is -0.341 e. The van der Waals surface area contributed by atoms with Crippen molar-refractivity contribution in [3.8, 4) is 0 Å². The Labute approximate surface area is 115 Å². The molecule has 0 unspecified atom stereocenters. The van der Waals surface area contributed by atoms with Crippen LogP contribution in [0.15, 0.2) is 18.3 Å². The first-order valence-electron chi connectivity index (χ1n) is 7.20. The summed E-state index contributed by atoms with van der Waals surface area (Å²) in [5.41, 5.74) is 6.71. The average Bonchev–Trinajstić information content (AvgIpc) is 2.87. The normalized spacial score (nSPS) is 23.6. The van der Waals surface area contributed by atoms with Gasteiger partial charge < -0.3 is 15.2 Å². The fraction of sp³-hybridized carbons (Fsp3) is 0.667. The van der Waals surface area contributed by atoms with Crippen molar-refractivity contribution in [1.29, 1.82) is 0 Å². The van der Waals surface area contributed by atoms with Crippen LogP contribution in [0.5, 0.6) is 0 Å². The maximum Gasteiger partial charge on any atom is 0.270 e. The molecule has 1 aliphatic carbocycles. The first kappa shape index (κ1) is 14.1. The number of amides is 1. The monoisotopic (exact) mass is 263 g/mol. The topological polar surface area (TPSA) is 51.3 Å². The highest BCUT2D eigenvalue weighted by Crippen LogP contribution is 2.23. The molecule has 19 heavy (non-hydrogen) atoms. The second-order valence-electron chi connectivity index (χ2n) is 5.88. The molecular weight excluding hydrogens is 238 g/mol. The Morgan fingerprint density at radius 1 is 1.37 bits per heavy atom. The summed E-state index contributed by atoms with van der Waals surface area (Å²) in [6.07, 6.45) is 6.06. The van der Waals surface area contributed by atoms with Crippen LogP contribution >= 0.6 is 0 Å². The van der Waals surface area contributed by atoms with Gasteiger partial charge in [-0.3, -0.25) is 4.79 Å². The van der Waals surface area contributed by atoms with Gasteiger partial charge in [-0.05, 0) is 51.7 Å². The largest absolute Gasteiger partial charge is 0.341 e. The summed E-state index contributed by atoms with van der Waals surface area (Å²) in [7, 11) is 1.92. The zero-order chi connectivity index (χ0) is 14.0. The molecule has 1 amide bonds. The number of rotatable bonds is 3. The van der Waals surface area contributed by atoms with Crippen LogP contribution in [0.4, 0.5) is 0 Å². The first-order chi connectivity index (χ1) is 9.00. The third-order valence-corrected chi connectivity index (χ3v) is 4.16. The highest BCUT2D eigenvalue weighted by Gasteiger charge is 2.27. The molecule has 1 saturated carbocycles. The van der Waals surface area contributed by atoms with Crippen molar-refractivity contribution in [3.63, 3.8) is 0 Å². The van der Waals surface area contributed by atoms with E-state index in [1.807, 2.05) is 34.8 Å². The molecule has 106 valence electrons. The van der Waals surface area contributed by atoms with Crippen molar-refractivity contribution in [2.24, 2.45) is 5.73 Å². The lowest BCUT2D eigenvalue weighted by Gasteiger charge is -2.33. The number of hydrogen-bond acceptors (Lipinski definition) is 2. The summed E-state index contributed by atoms with van der Waals surface area (Å²) in [5.74, 6) is 0.124. The van der Waals surface area contributed by atoms with Crippen molar-refractivity contribution in [3.05, 3.63) is 24.0 Å². The van der Waals surface area contributed by atoms with Gasteiger partial charge in [0.25, 0.3) is 5.91 Å². The second-order valence-corrected chi connectivity index (χ2v) is 5.88. The number of hydrogen-bond donors (Lipinski definition) is 1. The van der Waals surface area contributed by atoms with E-state index in [2.05, 4.69) is 13.8 Å². The van der Waals surface area contributed by atoms with Crippen molar-refractivity contribution < 1.29 is 4.79 Å². The van der Waals surface area contributed by atoms with Crippen LogP contribution in [0.25, 0.3) is 0 Å². The van der Waals surface area contributed by atoms with Gasteiger partial charge in [0, 0.05) is 31.4 Å². The Balaban J connectivity index is 2.08. The second kappa shape index (κ2) is 5.78. The van der Waals surface area contributed by atoms with Crippen LogP contribution in [0.3, 0.4) is 0 Å². The molecule has 0 aromatic carbocycles. The quantitative estimate of drug-likeness (QED) is 0.910. The fourth-order valence-corrected chi connectivity index (χ4v) is 2.86. The molecule has 0 aliphatic heterocycles. The zero-order valence-corrected chi connectivity index (χ0v) is 12.2. The summed E-state index contributed by atoms with van der Waals surface area (Å²) in [6.45, 7) is 4.19. The molecule has 4 nitrogen and oxygen atoms in total. The molecule has 1 aromatic heterocycles. The van der Waals surface area contributed by atoms with Crippen molar-refractivity contribution in [2.45, 2.75) is 57.7 Å². The lowest BCUT2D eigenvalue weighted by molar-refractivity contribution is 0.0677. The summed E-state index contributed by atoms with van der Waals surface area (Å²) < 4.78 is 2.04. The Morgan fingerprint density at radius 3 is 2.58 bits per heavy atom. The number of aromatic nitrogens is 1. The molecule has 1 aliphatic rings. The Bertz CT molecular complexity index is 430. The predicted octanol–water partition coefficient (Wildman–Crippen LogP) is 2.41. The summed E-state index contributed by atoms with van der Waals surface area (Å²) in [4.78, 5) is 14.5.